The first-order valence-electron chi connectivity index (χ1n) is 7.41. The predicted molar refractivity (Wildman–Crippen MR) is 104 cm³/mol. The maximum absolute atomic E-state index is 12.4. The number of rotatable bonds is 5. The molecular formula is C17H12BrNO6S2. The van der Waals surface area contributed by atoms with Crippen LogP contribution in [0.2, 0.25) is 0 Å². The first kappa shape index (κ1) is 19.5. The minimum atomic E-state index is -4.03. The minimum Gasteiger partial charge on any atom is -0.497 e. The van der Waals surface area contributed by atoms with E-state index in [9.17, 15) is 18.0 Å². The van der Waals surface area contributed by atoms with Crippen molar-refractivity contribution in [2.24, 2.45) is 0 Å². The van der Waals surface area contributed by atoms with Gasteiger partial charge in [-0.25, -0.2) is 0 Å². The van der Waals surface area contributed by atoms with Crippen LogP contribution < -0.4 is 14.2 Å². The fourth-order valence-corrected chi connectivity index (χ4v) is 4.37. The van der Waals surface area contributed by atoms with Crippen LogP contribution in [0.25, 0.3) is 6.08 Å². The Kier molecular flexibility index (Phi) is 5.59. The summed E-state index contributed by atoms with van der Waals surface area (Å²) in [4.78, 5) is 23.0. The van der Waals surface area contributed by atoms with Crippen molar-refractivity contribution in [3.05, 3.63) is 57.4 Å². The Bertz CT molecular complexity index is 1050. The van der Waals surface area contributed by atoms with Crippen LogP contribution in [0.4, 0.5) is 4.79 Å². The third-order valence-corrected chi connectivity index (χ3v) is 6.12. The van der Waals surface area contributed by atoms with Crippen LogP contribution in [0.3, 0.4) is 0 Å². The van der Waals surface area contributed by atoms with E-state index < -0.39 is 21.3 Å². The van der Waals surface area contributed by atoms with E-state index >= 15 is 0 Å². The zero-order valence-electron chi connectivity index (χ0n) is 13.8. The molecule has 0 atom stereocenters. The minimum absolute atomic E-state index is 0.0149. The summed E-state index contributed by atoms with van der Waals surface area (Å²) in [6, 6.07) is 10.4. The summed E-state index contributed by atoms with van der Waals surface area (Å²) in [5.74, 6) is 0.149. The number of methoxy groups -OCH3 is 1. The van der Waals surface area contributed by atoms with Gasteiger partial charge in [-0.15, -0.1) is 0 Å². The molecule has 2 aromatic carbocycles. The summed E-state index contributed by atoms with van der Waals surface area (Å²) >= 11 is 4.06. The Morgan fingerprint density at radius 1 is 1.11 bits per heavy atom. The zero-order chi connectivity index (χ0) is 19.6. The Morgan fingerprint density at radius 3 is 2.37 bits per heavy atom. The lowest BCUT2D eigenvalue weighted by Gasteiger charge is -2.10. The fraction of sp³-hybridized carbons (Fsp3) is 0.0588. The average Bonchev–Trinajstić information content (AvgIpc) is 2.94. The summed E-state index contributed by atoms with van der Waals surface area (Å²) in [7, 11) is -2.54. The molecule has 0 aromatic heterocycles. The third-order valence-electron chi connectivity index (χ3n) is 3.44. The molecule has 7 nitrogen and oxygen atoms in total. The molecule has 2 amide bonds. The molecule has 1 saturated heterocycles. The van der Waals surface area contributed by atoms with Crippen molar-refractivity contribution in [1.82, 2.24) is 5.32 Å². The fourth-order valence-electron chi connectivity index (χ4n) is 2.16. The number of imide groups is 1. The largest absolute Gasteiger partial charge is 0.497 e. The Balaban J connectivity index is 1.82. The van der Waals surface area contributed by atoms with Gasteiger partial charge in [-0.3, -0.25) is 14.9 Å². The van der Waals surface area contributed by atoms with Crippen LogP contribution >= 0.6 is 27.7 Å². The second kappa shape index (κ2) is 7.75. The summed E-state index contributed by atoms with van der Waals surface area (Å²) in [5, 5.41) is 1.73. The second-order valence-corrected chi connectivity index (χ2v) is 8.67. The maximum Gasteiger partial charge on any atom is 0.339 e. The van der Waals surface area contributed by atoms with Gasteiger partial charge in [-0.2, -0.15) is 8.42 Å². The Labute approximate surface area is 168 Å². The number of amides is 2. The number of hydrogen-bond donors (Lipinski definition) is 1. The number of ether oxygens (including phenoxy) is 1. The smallest absolute Gasteiger partial charge is 0.339 e. The normalized spacial score (nSPS) is 15.7. The summed E-state index contributed by atoms with van der Waals surface area (Å²) in [6.07, 6.45) is 1.53. The molecule has 0 spiro atoms. The van der Waals surface area contributed by atoms with Crippen LogP contribution in [0.1, 0.15) is 5.56 Å². The van der Waals surface area contributed by atoms with E-state index in [1.807, 2.05) is 0 Å². The first-order valence-corrected chi connectivity index (χ1v) is 10.4. The summed E-state index contributed by atoms with van der Waals surface area (Å²) in [6.45, 7) is 0. The van der Waals surface area contributed by atoms with Gasteiger partial charge in [0.1, 0.15) is 10.6 Å². The second-order valence-electron chi connectivity index (χ2n) is 5.26. The third kappa shape index (κ3) is 4.52. The van der Waals surface area contributed by atoms with Gasteiger partial charge in [-0.1, -0.05) is 6.07 Å². The van der Waals surface area contributed by atoms with Crippen LogP contribution in [0.15, 0.2) is 56.7 Å². The number of thioether (sulfide) groups is 1. The standard InChI is InChI=1S/C17H12BrNO6S2/c1-24-11-3-5-12(6-4-11)27(22,23)25-14-7-2-10(8-13(14)18)9-15-16(20)19-17(21)26-15/h2-9H,1H3,(H,19,20,21)/b15-9-. The monoisotopic (exact) mass is 469 g/mol. The summed E-state index contributed by atoms with van der Waals surface area (Å²) < 4.78 is 35.4. The lowest BCUT2D eigenvalue weighted by molar-refractivity contribution is -0.115. The van der Waals surface area contributed by atoms with E-state index in [-0.39, 0.29) is 15.6 Å². The molecule has 1 N–H and O–H groups in total. The molecule has 10 heteroatoms. The molecule has 0 unspecified atom stereocenters. The SMILES string of the molecule is COc1ccc(S(=O)(=O)Oc2ccc(/C=C3\SC(=O)NC3=O)cc2Br)cc1. The molecule has 0 radical (unpaired) electrons. The molecule has 0 bridgehead atoms. The van der Waals surface area contributed by atoms with E-state index in [1.165, 1.54) is 43.5 Å². The lowest BCUT2D eigenvalue weighted by atomic mass is 10.2. The van der Waals surface area contributed by atoms with Gasteiger partial charge in [0.25, 0.3) is 11.1 Å². The van der Waals surface area contributed by atoms with Crippen molar-refractivity contribution >= 4 is 55.0 Å². The van der Waals surface area contributed by atoms with Crippen LogP contribution in [0.5, 0.6) is 11.5 Å². The van der Waals surface area contributed by atoms with Gasteiger partial charge in [0.2, 0.25) is 0 Å². The highest BCUT2D eigenvalue weighted by Gasteiger charge is 2.25. The molecule has 2 aromatic rings. The molecule has 0 aliphatic carbocycles. The topological polar surface area (TPSA) is 98.8 Å². The molecular weight excluding hydrogens is 458 g/mol. The molecule has 1 fully saturated rings. The molecule has 140 valence electrons. The van der Waals surface area contributed by atoms with E-state index in [1.54, 1.807) is 12.1 Å². The highest BCUT2D eigenvalue weighted by Crippen LogP contribution is 2.32. The number of nitrogens with one attached hydrogen (secondary N) is 1. The zero-order valence-corrected chi connectivity index (χ0v) is 17.0. The number of carbonyl (C=O) groups excluding carboxylic acids is 2. The van der Waals surface area contributed by atoms with E-state index in [0.717, 1.165) is 11.8 Å². The van der Waals surface area contributed by atoms with Gasteiger partial charge in [0, 0.05) is 0 Å². The van der Waals surface area contributed by atoms with E-state index in [2.05, 4.69) is 21.2 Å². The van der Waals surface area contributed by atoms with Crippen LogP contribution in [-0.2, 0) is 14.9 Å². The number of benzene rings is 2. The van der Waals surface area contributed by atoms with Crippen molar-refractivity contribution in [1.29, 1.82) is 0 Å². The van der Waals surface area contributed by atoms with Crippen molar-refractivity contribution in [2.45, 2.75) is 4.90 Å². The maximum atomic E-state index is 12.4. The molecule has 1 aliphatic heterocycles. The number of hydrogen-bond acceptors (Lipinski definition) is 7. The van der Waals surface area contributed by atoms with Gasteiger partial charge in [-0.05, 0) is 75.7 Å². The molecule has 27 heavy (non-hydrogen) atoms. The lowest BCUT2D eigenvalue weighted by Crippen LogP contribution is -2.17. The summed E-state index contributed by atoms with van der Waals surface area (Å²) in [5.41, 5.74) is 0.600. The van der Waals surface area contributed by atoms with Gasteiger partial charge in [0.05, 0.1) is 16.5 Å². The van der Waals surface area contributed by atoms with Crippen molar-refractivity contribution < 1.29 is 26.9 Å². The van der Waals surface area contributed by atoms with Crippen LogP contribution in [0, 0.1) is 0 Å². The van der Waals surface area contributed by atoms with Crippen molar-refractivity contribution in [2.75, 3.05) is 7.11 Å². The number of halogens is 1. The van der Waals surface area contributed by atoms with Gasteiger partial charge < -0.3 is 8.92 Å². The van der Waals surface area contributed by atoms with Gasteiger partial charge >= 0.3 is 10.1 Å². The van der Waals surface area contributed by atoms with Crippen molar-refractivity contribution in [3.63, 3.8) is 0 Å². The van der Waals surface area contributed by atoms with E-state index in [4.69, 9.17) is 8.92 Å². The number of carbonyl (C=O) groups is 2. The predicted octanol–water partition coefficient (Wildman–Crippen LogP) is 3.55. The molecule has 1 heterocycles. The Morgan fingerprint density at radius 2 is 1.81 bits per heavy atom. The molecule has 3 rings (SSSR count). The van der Waals surface area contributed by atoms with Crippen molar-refractivity contribution in [3.8, 4) is 11.5 Å². The molecule has 1 aliphatic rings. The Hall–Kier alpha value is -2.30. The average molecular weight is 470 g/mol. The highest BCUT2D eigenvalue weighted by atomic mass is 79.9. The first-order chi connectivity index (χ1) is 12.8. The molecule has 0 saturated carbocycles. The highest BCUT2D eigenvalue weighted by molar-refractivity contribution is 9.10. The van der Waals surface area contributed by atoms with Crippen LogP contribution in [-0.4, -0.2) is 26.7 Å². The van der Waals surface area contributed by atoms with E-state index in [0.29, 0.717) is 15.8 Å². The quantitative estimate of drug-likeness (QED) is 0.527. The van der Waals surface area contributed by atoms with Gasteiger partial charge in [0.15, 0.2) is 5.75 Å².